The maximum Gasteiger partial charge on any atom is 0.280 e. The van der Waals surface area contributed by atoms with Crippen molar-refractivity contribution in [1.29, 1.82) is 0 Å². The molecule has 0 spiro atoms. The van der Waals surface area contributed by atoms with E-state index in [1.165, 1.54) is 0 Å². The third-order valence-electron chi connectivity index (χ3n) is 2.57. The fourth-order valence-electron chi connectivity index (χ4n) is 1.73. The Kier molecular flexibility index (Phi) is 4.28. The van der Waals surface area contributed by atoms with E-state index in [9.17, 15) is 4.79 Å². The number of halogens is 1. The average Bonchev–Trinajstić information content (AvgIpc) is 2.34. The molecule has 0 radical (unpaired) electrons. The summed E-state index contributed by atoms with van der Waals surface area (Å²) in [5.74, 6) is 0. The van der Waals surface area contributed by atoms with E-state index in [0.29, 0.717) is 0 Å². The SMILES string of the molecule is O=C(S)Nc1ccccc1Cc1ccc(Cl)cc1. The van der Waals surface area contributed by atoms with Gasteiger partial charge in [-0.25, -0.2) is 0 Å². The molecule has 0 atom stereocenters. The predicted octanol–water partition coefficient (Wildman–Crippen LogP) is 4.39. The summed E-state index contributed by atoms with van der Waals surface area (Å²) < 4.78 is 0. The van der Waals surface area contributed by atoms with Crippen molar-refractivity contribution in [2.75, 3.05) is 5.32 Å². The highest BCUT2D eigenvalue weighted by Gasteiger charge is 2.04. The van der Waals surface area contributed by atoms with Crippen molar-refractivity contribution < 1.29 is 4.79 Å². The summed E-state index contributed by atoms with van der Waals surface area (Å²) in [6.45, 7) is 0. The second-order valence-corrected chi connectivity index (χ2v) is 4.73. The summed E-state index contributed by atoms with van der Waals surface area (Å²) >= 11 is 9.58. The zero-order valence-electron chi connectivity index (χ0n) is 9.56. The molecule has 0 aromatic heterocycles. The maximum atomic E-state index is 11.0. The van der Waals surface area contributed by atoms with Gasteiger partial charge in [-0.15, -0.1) is 0 Å². The summed E-state index contributed by atoms with van der Waals surface area (Å²) in [5.41, 5.74) is 2.97. The minimum atomic E-state index is -0.362. The second-order valence-electron chi connectivity index (χ2n) is 3.89. The molecular weight excluding hydrogens is 266 g/mol. The number of thiol groups is 1. The minimum Gasteiger partial charge on any atom is -0.317 e. The number of anilines is 1. The van der Waals surface area contributed by atoms with E-state index in [4.69, 9.17) is 11.6 Å². The molecular formula is C14H12ClNOS. The van der Waals surface area contributed by atoms with Crippen molar-refractivity contribution in [3.05, 3.63) is 64.7 Å². The van der Waals surface area contributed by atoms with Crippen molar-refractivity contribution in [2.45, 2.75) is 6.42 Å². The highest BCUT2D eigenvalue weighted by atomic mass is 35.5. The zero-order chi connectivity index (χ0) is 13.0. The molecule has 2 aromatic carbocycles. The number of para-hydroxylation sites is 1. The molecule has 0 unspecified atom stereocenters. The number of amides is 1. The summed E-state index contributed by atoms with van der Waals surface area (Å²) in [7, 11) is 0. The largest absolute Gasteiger partial charge is 0.317 e. The first kappa shape index (κ1) is 13.0. The van der Waals surface area contributed by atoms with Crippen LogP contribution in [0.3, 0.4) is 0 Å². The summed E-state index contributed by atoms with van der Waals surface area (Å²) in [6, 6.07) is 15.3. The van der Waals surface area contributed by atoms with Crippen LogP contribution >= 0.6 is 24.2 Å². The van der Waals surface area contributed by atoms with Gasteiger partial charge in [0.05, 0.1) is 0 Å². The first-order valence-corrected chi connectivity index (χ1v) is 6.30. The van der Waals surface area contributed by atoms with Crippen LogP contribution in [0.2, 0.25) is 5.02 Å². The molecule has 4 heteroatoms. The Labute approximate surface area is 116 Å². The van der Waals surface area contributed by atoms with Crippen LogP contribution in [0.5, 0.6) is 0 Å². The number of hydrogen-bond donors (Lipinski definition) is 2. The first-order chi connectivity index (χ1) is 8.65. The smallest absolute Gasteiger partial charge is 0.280 e. The van der Waals surface area contributed by atoms with Crippen LogP contribution in [0, 0.1) is 0 Å². The number of benzene rings is 2. The number of carbonyl (C=O) groups excluding carboxylic acids is 1. The average molecular weight is 278 g/mol. The van der Waals surface area contributed by atoms with Crippen LogP contribution < -0.4 is 5.32 Å². The lowest BCUT2D eigenvalue weighted by Gasteiger charge is -2.09. The van der Waals surface area contributed by atoms with Gasteiger partial charge in [0.25, 0.3) is 5.24 Å². The lowest BCUT2D eigenvalue weighted by atomic mass is 10.0. The van der Waals surface area contributed by atoms with E-state index in [0.717, 1.165) is 28.3 Å². The van der Waals surface area contributed by atoms with Crippen molar-refractivity contribution in [3.63, 3.8) is 0 Å². The Morgan fingerprint density at radius 1 is 1.11 bits per heavy atom. The molecule has 2 nitrogen and oxygen atoms in total. The fourth-order valence-corrected chi connectivity index (χ4v) is 1.98. The molecule has 0 aliphatic heterocycles. The molecule has 0 aliphatic carbocycles. The van der Waals surface area contributed by atoms with Crippen LogP contribution in [0.1, 0.15) is 11.1 Å². The van der Waals surface area contributed by atoms with Crippen LogP contribution in [-0.4, -0.2) is 5.24 Å². The summed E-state index contributed by atoms with van der Waals surface area (Å²) in [6.07, 6.45) is 0.737. The van der Waals surface area contributed by atoms with E-state index in [1.54, 1.807) is 0 Å². The Bertz CT molecular complexity index is 554. The molecule has 92 valence electrons. The molecule has 0 aliphatic rings. The summed E-state index contributed by atoms with van der Waals surface area (Å²) in [5, 5.41) is 3.06. The zero-order valence-corrected chi connectivity index (χ0v) is 11.2. The number of nitrogens with one attached hydrogen (secondary N) is 1. The lowest BCUT2D eigenvalue weighted by molar-refractivity contribution is 0.270. The Balaban J connectivity index is 2.23. The van der Waals surface area contributed by atoms with Gasteiger partial charge in [0.2, 0.25) is 0 Å². The molecule has 0 fully saturated rings. The molecule has 0 saturated heterocycles. The molecule has 2 aromatic rings. The third-order valence-corrected chi connectivity index (χ3v) is 2.93. The van der Waals surface area contributed by atoms with Gasteiger partial charge in [0.1, 0.15) is 0 Å². The molecule has 0 saturated carbocycles. The van der Waals surface area contributed by atoms with Gasteiger partial charge in [-0.3, -0.25) is 4.79 Å². The van der Waals surface area contributed by atoms with Gasteiger partial charge in [0.15, 0.2) is 0 Å². The molecule has 2 rings (SSSR count). The topological polar surface area (TPSA) is 29.1 Å². The van der Waals surface area contributed by atoms with Gasteiger partial charge in [-0.1, -0.05) is 54.6 Å². The molecule has 18 heavy (non-hydrogen) atoms. The van der Waals surface area contributed by atoms with Crippen LogP contribution in [0.4, 0.5) is 10.5 Å². The highest BCUT2D eigenvalue weighted by Crippen LogP contribution is 2.20. The fraction of sp³-hybridized carbons (Fsp3) is 0.0714. The molecule has 1 N–H and O–H groups in total. The Morgan fingerprint density at radius 2 is 1.78 bits per heavy atom. The van der Waals surface area contributed by atoms with E-state index in [-0.39, 0.29) is 5.24 Å². The molecule has 1 amide bonds. The molecule has 0 bridgehead atoms. The van der Waals surface area contributed by atoms with Gasteiger partial charge in [-0.05, 0) is 35.7 Å². The van der Waals surface area contributed by atoms with Crippen LogP contribution in [0.25, 0.3) is 0 Å². The monoisotopic (exact) mass is 277 g/mol. The van der Waals surface area contributed by atoms with Crippen molar-refractivity contribution in [3.8, 4) is 0 Å². The van der Waals surface area contributed by atoms with Crippen molar-refractivity contribution in [2.24, 2.45) is 0 Å². The second kappa shape index (κ2) is 5.94. The van der Waals surface area contributed by atoms with Crippen LogP contribution in [0.15, 0.2) is 48.5 Å². The number of hydrogen-bond acceptors (Lipinski definition) is 1. The lowest BCUT2D eigenvalue weighted by Crippen LogP contribution is -2.04. The maximum absolute atomic E-state index is 11.0. The summed E-state index contributed by atoms with van der Waals surface area (Å²) in [4.78, 5) is 11.0. The van der Waals surface area contributed by atoms with Gasteiger partial charge >= 0.3 is 0 Å². The number of rotatable bonds is 3. The normalized spacial score (nSPS) is 10.1. The molecule has 0 heterocycles. The standard InChI is InChI=1S/C14H12ClNOS/c15-12-7-5-10(6-8-12)9-11-3-1-2-4-13(11)16-14(17)18/h1-8H,9H2,(H2,16,17,18). The van der Waals surface area contributed by atoms with E-state index in [1.807, 2.05) is 48.5 Å². The highest BCUT2D eigenvalue weighted by molar-refractivity contribution is 7.96. The van der Waals surface area contributed by atoms with Gasteiger partial charge < -0.3 is 5.32 Å². The Morgan fingerprint density at radius 3 is 2.44 bits per heavy atom. The predicted molar refractivity (Wildman–Crippen MR) is 78.7 cm³/mol. The van der Waals surface area contributed by atoms with Crippen molar-refractivity contribution >= 4 is 35.2 Å². The van der Waals surface area contributed by atoms with Gasteiger partial charge in [0, 0.05) is 10.7 Å². The Hall–Kier alpha value is -1.45. The number of carbonyl (C=O) groups is 1. The van der Waals surface area contributed by atoms with E-state index in [2.05, 4.69) is 17.9 Å². The van der Waals surface area contributed by atoms with Gasteiger partial charge in [-0.2, -0.15) is 0 Å². The van der Waals surface area contributed by atoms with E-state index < -0.39 is 0 Å². The quantitative estimate of drug-likeness (QED) is 0.801. The van der Waals surface area contributed by atoms with Crippen molar-refractivity contribution in [1.82, 2.24) is 0 Å². The minimum absolute atomic E-state index is 0.362. The first-order valence-electron chi connectivity index (χ1n) is 5.47. The third kappa shape index (κ3) is 3.52. The van der Waals surface area contributed by atoms with E-state index >= 15 is 0 Å². The van der Waals surface area contributed by atoms with Crippen LogP contribution in [-0.2, 0) is 6.42 Å².